The maximum absolute atomic E-state index is 10.6. The summed E-state index contributed by atoms with van der Waals surface area (Å²) in [5.74, 6) is 0. The number of hydrogen-bond donors (Lipinski definition) is 2. The largest absolute Gasteiger partial charge is 0.351 e. The number of nitrogens with zero attached hydrogens (tertiary/aromatic N) is 1. The zero-order valence-electron chi connectivity index (χ0n) is 7.82. The molecule has 0 saturated carbocycles. The number of aryl methyl sites for hydroxylation is 1. The van der Waals surface area contributed by atoms with Gasteiger partial charge in [0.25, 0.3) is 0 Å². The van der Waals surface area contributed by atoms with E-state index >= 15 is 0 Å². The summed E-state index contributed by atoms with van der Waals surface area (Å²) in [7, 11) is 1.95. The van der Waals surface area contributed by atoms with E-state index in [1.807, 2.05) is 42.1 Å². The molecule has 1 aromatic heterocycles. The van der Waals surface area contributed by atoms with E-state index in [0.717, 1.165) is 10.9 Å². The number of hydrogen-bond acceptors (Lipinski definition) is 1. The molecule has 3 N–H and O–H groups in total. The number of carbonyl (C=O) groups is 1. The normalized spacial score (nSPS) is 10.4. The fourth-order valence-corrected chi connectivity index (χ4v) is 1.48. The molecule has 4 nitrogen and oxygen atoms in total. The molecule has 0 aliphatic rings. The number of carbonyl (C=O) groups excluding carboxylic acids is 1. The highest BCUT2D eigenvalue weighted by atomic mass is 16.2. The van der Waals surface area contributed by atoms with E-state index in [-0.39, 0.29) is 0 Å². The van der Waals surface area contributed by atoms with Gasteiger partial charge in [0, 0.05) is 24.4 Å². The molecule has 1 aromatic carbocycles. The molecule has 0 bridgehead atoms. The van der Waals surface area contributed by atoms with Crippen LogP contribution in [0.5, 0.6) is 0 Å². The summed E-state index contributed by atoms with van der Waals surface area (Å²) in [4.78, 5) is 10.6. The number of urea groups is 1. The quantitative estimate of drug-likeness (QED) is 0.704. The molecular weight excluding hydrogens is 178 g/mol. The number of aromatic nitrogens is 1. The Morgan fingerprint density at radius 1 is 1.43 bits per heavy atom. The third-order valence-corrected chi connectivity index (χ3v) is 2.16. The molecule has 2 aromatic rings. The summed E-state index contributed by atoms with van der Waals surface area (Å²) in [5, 5.41) is 3.68. The Labute approximate surface area is 81.3 Å². The van der Waals surface area contributed by atoms with Crippen LogP contribution in [0.3, 0.4) is 0 Å². The monoisotopic (exact) mass is 189 g/mol. The average Bonchev–Trinajstić information content (AvgIpc) is 2.47. The number of anilines is 1. The standard InChI is InChI=1S/C10H11N3O/c1-13-5-4-7-2-3-8(6-9(7)13)12-10(11)14/h2-6H,1H3,(H3,11,12,14). The number of amides is 2. The molecule has 72 valence electrons. The lowest BCUT2D eigenvalue weighted by Crippen LogP contribution is -2.19. The molecule has 4 heteroatoms. The van der Waals surface area contributed by atoms with Crippen molar-refractivity contribution in [3.05, 3.63) is 30.5 Å². The van der Waals surface area contributed by atoms with Crippen LogP contribution in [0.4, 0.5) is 10.5 Å². The number of nitrogens with two attached hydrogens (primary N) is 1. The third kappa shape index (κ3) is 1.42. The van der Waals surface area contributed by atoms with Gasteiger partial charge < -0.3 is 15.6 Å². The van der Waals surface area contributed by atoms with Crippen molar-refractivity contribution in [2.45, 2.75) is 0 Å². The summed E-state index contributed by atoms with van der Waals surface area (Å²) in [6.45, 7) is 0. The average molecular weight is 189 g/mol. The van der Waals surface area contributed by atoms with E-state index in [0.29, 0.717) is 5.69 Å². The summed E-state index contributed by atoms with van der Waals surface area (Å²) in [6, 6.07) is 7.13. The lowest BCUT2D eigenvalue weighted by Gasteiger charge is -2.02. The number of benzene rings is 1. The summed E-state index contributed by atoms with van der Waals surface area (Å²) in [6.07, 6.45) is 1.97. The Balaban J connectivity index is 2.49. The van der Waals surface area contributed by atoms with Gasteiger partial charge in [-0.1, -0.05) is 6.07 Å². The van der Waals surface area contributed by atoms with Crippen LogP contribution in [0.2, 0.25) is 0 Å². The minimum atomic E-state index is -0.543. The Hall–Kier alpha value is -1.97. The second kappa shape index (κ2) is 3.06. The van der Waals surface area contributed by atoms with E-state index in [2.05, 4.69) is 5.32 Å². The van der Waals surface area contributed by atoms with Crippen LogP contribution in [0.15, 0.2) is 30.5 Å². The number of primary amides is 1. The second-order valence-electron chi connectivity index (χ2n) is 3.19. The molecular formula is C10H11N3O. The third-order valence-electron chi connectivity index (χ3n) is 2.16. The van der Waals surface area contributed by atoms with Crippen molar-refractivity contribution in [2.24, 2.45) is 12.8 Å². The van der Waals surface area contributed by atoms with Crippen molar-refractivity contribution in [1.29, 1.82) is 0 Å². The van der Waals surface area contributed by atoms with Crippen LogP contribution >= 0.6 is 0 Å². The van der Waals surface area contributed by atoms with Crippen molar-refractivity contribution < 1.29 is 4.79 Å². The maximum atomic E-state index is 10.6. The Morgan fingerprint density at radius 2 is 2.21 bits per heavy atom. The summed E-state index contributed by atoms with van der Waals surface area (Å²) >= 11 is 0. The zero-order chi connectivity index (χ0) is 10.1. The van der Waals surface area contributed by atoms with Gasteiger partial charge in [-0.3, -0.25) is 0 Å². The Kier molecular flexibility index (Phi) is 1.89. The predicted octanol–water partition coefficient (Wildman–Crippen LogP) is 1.67. The number of nitrogens with one attached hydrogen (secondary N) is 1. The minimum Gasteiger partial charge on any atom is -0.351 e. The summed E-state index contributed by atoms with van der Waals surface area (Å²) < 4.78 is 1.99. The number of rotatable bonds is 1. The van der Waals surface area contributed by atoms with Gasteiger partial charge in [0.1, 0.15) is 0 Å². The lowest BCUT2D eigenvalue weighted by molar-refractivity contribution is 0.259. The van der Waals surface area contributed by atoms with Crippen LogP contribution < -0.4 is 11.1 Å². The molecule has 0 aliphatic carbocycles. The first-order valence-corrected chi connectivity index (χ1v) is 4.28. The topological polar surface area (TPSA) is 60.1 Å². The molecule has 0 aliphatic heterocycles. The first kappa shape index (κ1) is 8.62. The molecule has 0 radical (unpaired) electrons. The second-order valence-corrected chi connectivity index (χ2v) is 3.19. The van der Waals surface area contributed by atoms with Gasteiger partial charge in [-0.05, 0) is 23.6 Å². The maximum Gasteiger partial charge on any atom is 0.316 e. The highest BCUT2D eigenvalue weighted by Gasteiger charge is 2.00. The minimum absolute atomic E-state index is 0.543. The van der Waals surface area contributed by atoms with Gasteiger partial charge in [-0.2, -0.15) is 0 Å². The van der Waals surface area contributed by atoms with Gasteiger partial charge in [-0.25, -0.2) is 4.79 Å². The van der Waals surface area contributed by atoms with Crippen molar-refractivity contribution in [3.63, 3.8) is 0 Å². The van der Waals surface area contributed by atoms with Gasteiger partial charge in [-0.15, -0.1) is 0 Å². The molecule has 2 rings (SSSR count). The summed E-state index contributed by atoms with van der Waals surface area (Å²) in [5.41, 5.74) is 6.81. The van der Waals surface area contributed by atoms with Crippen LogP contribution in [0.25, 0.3) is 10.9 Å². The van der Waals surface area contributed by atoms with Crippen LogP contribution in [0.1, 0.15) is 0 Å². The first-order chi connectivity index (χ1) is 6.66. The van der Waals surface area contributed by atoms with Crippen LogP contribution in [-0.4, -0.2) is 10.6 Å². The molecule has 1 heterocycles. The van der Waals surface area contributed by atoms with Gasteiger partial charge in [0.2, 0.25) is 0 Å². The first-order valence-electron chi connectivity index (χ1n) is 4.28. The fourth-order valence-electron chi connectivity index (χ4n) is 1.48. The number of fused-ring (bicyclic) bond motifs is 1. The zero-order valence-corrected chi connectivity index (χ0v) is 7.82. The molecule has 0 unspecified atom stereocenters. The molecule has 0 saturated heterocycles. The fraction of sp³-hybridized carbons (Fsp3) is 0.100. The van der Waals surface area contributed by atoms with Gasteiger partial charge in [0.15, 0.2) is 0 Å². The van der Waals surface area contributed by atoms with Crippen molar-refractivity contribution in [2.75, 3.05) is 5.32 Å². The molecule has 0 atom stereocenters. The molecule has 0 spiro atoms. The van der Waals surface area contributed by atoms with Crippen molar-refractivity contribution >= 4 is 22.6 Å². The van der Waals surface area contributed by atoms with E-state index in [1.54, 1.807) is 0 Å². The van der Waals surface area contributed by atoms with Crippen molar-refractivity contribution in [1.82, 2.24) is 4.57 Å². The van der Waals surface area contributed by atoms with Gasteiger partial charge >= 0.3 is 6.03 Å². The van der Waals surface area contributed by atoms with Crippen molar-refractivity contribution in [3.8, 4) is 0 Å². The Bertz CT molecular complexity index is 487. The van der Waals surface area contributed by atoms with Gasteiger partial charge in [0.05, 0.1) is 0 Å². The smallest absolute Gasteiger partial charge is 0.316 e. The lowest BCUT2D eigenvalue weighted by atomic mass is 10.2. The Morgan fingerprint density at radius 3 is 2.93 bits per heavy atom. The van der Waals surface area contributed by atoms with E-state index < -0.39 is 6.03 Å². The molecule has 0 fully saturated rings. The highest BCUT2D eigenvalue weighted by molar-refractivity contribution is 5.91. The van der Waals surface area contributed by atoms with E-state index in [9.17, 15) is 4.79 Å². The van der Waals surface area contributed by atoms with Crippen LogP contribution in [-0.2, 0) is 7.05 Å². The van der Waals surface area contributed by atoms with E-state index in [4.69, 9.17) is 5.73 Å². The van der Waals surface area contributed by atoms with E-state index in [1.165, 1.54) is 0 Å². The van der Waals surface area contributed by atoms with Crippen LogP contribution in [0, 0.1) is 0 Å². The SMILES string of the molecule is Cn1ccc2ccc(NC(N)=O)cc21. The predicted molar refractivity (Wildman–Crippen MR) is 56.1 cm³/mol. The molecule has 2 amide bonds. The molecule has 14 heavy (non-hydrogen) atoms. The highest BCUT2D eigenvalue weighted by Crippen LogP contribution is 2.19.